The molecular weight excluding hydrogens is 268 g/mol. The second-order valence-electron chi connectivity index (χ2n) is 3.20. The van der Waals surface area contributed by atoms with Crippen molar-refractivity contribution in [3.05, 3.63) is 34.3 Å². The largest absolute Gasteiger partial charge is 0.286 e. The molecule has 0 fully saturated rings. The molecule has 0 spiro atoms. The number of rotatable bonds is 3. The van der Waals surface area contributed by atoms with Crippen LogP contribution in [-0.4, -0.2) is 18.7 Å². The topological polar surface area (TPSA) is 54.4 Å². The molecule has 1 atom stereocenters. The second kappa shape index (κ2) is 4.42. The zero-order chi connectivity index (χ0) is 10.8. The second-order valence-corrected chi connectivity index (χ2v) is 5.61. The van der Waals surface area contributed by atoms with Crippen molar-refractivity contribution in [1.29, 1.82) is 0 Å². The molecular formula is C9H11BrO3S. The normalized spacial score (nSPS) is 13.9. The minimum Gasteiger partial charge on any atom is -0.286 e. The van der Waals surface area contributed by atoms with E-state index in [9.17, 15) is 8.42 Å². The highest BCUT2D eigenvalue weighted by molar-refractivity contribution is 9.10. The monoisotopic (exact) mass is 278 g/mol. The first-order chi connectivity index (χ1) is 6.38. The van der Waals surface area contributed by atoms with Gasteiger partial charge in [-0.05, 0) is 23.6 Å². The third-order valence-electron chi connectivity index (χ3n) is 1.90. The lowest BCUT2D eigenvalue weighted by Gasteiger charge is -2.09. The van der Waals surface area contributed by atoms with Crippen molar-refractivity contribution in [2.24, 2.45) is 0 Å². The molecule has 1 aromatic carbocycles. The summed E-state index contributed by atoms with van der Waals surface area (Å²) in [5, 5.41) is 0. The zero-order valence-electron chi connectivity index (χ0n) is 7.64. The van der Waals surface area contributed by atoms with Crippen molar-refractivity contribution in [3.8, 4) is 0 Å². The molecule has 0 heterocycles. The van der Waals surface area contributed by atoms with Gasteiger partial charge in [-0.25, -0.2) is 0 Å². The Morgan fingerprint density at radius 2 is 1.86 bits per heavy atom. The molecule has 0 saturated carbocycles. The van der Waals surface area contributed by atoms with Crippen LogP contribution >= 0.6 is 15.9 Å². The molecule has 0 aromatic heterocycles. The average Bonchev–Trinajstić information content (AvgIpc) is 2.02. The van der Waals surface area contributed by atoms with E-state index in [1.165, 1.54) is 0 Å². The van der Waals surface area contributed by atoms with Crippen LogP contribution < -0.4 is 0 Å². The lowest BCUT2D eigenvalue weighted by Crippen LogP contribution is -2.10. The standard InChI is InChI=1S/C9H11BrO3S/c1-7(6-14(11,12)13)8-2-4-9(10)5-3-8/h2-5,7H,6H2,1H3,(H,11,12,13)/t7-/m1/s1. The molecule has 0 amide bonds. The Kier molecular flexibility index (Phi) is 3.69. The molecule has 0 aliphatic carbocycles. The van der Waals surface area contributed by atoms with Gasteiger partial charge in [0.25, 0.3) is 10.1 Å². The van der Waals surface area contributed by atoms with Crippen LogP contribution in [-0.2, 0) is 10.1 Å². The van der Waals surface area contributed by atoms with Crippen molar-refractivity contribution in [2.45, 2.75) is 12.8 Å². The summed E-state index contributed by atoms with van der Waals surface area (Å²) in [6, 6.07) is 7.35. The molecule has 0 saturated heterocycles. The number of halogens is 1. The Labute approximate surface area is 92.0 Å². The quantitative estimate of drug-likeness (QED) is 0.865. The molecule has 0 aliphatic rings. The highest BCUT2D eigenvalue weighted by Crippen LogP contribution is 2.19. The van der Waals surface area contributed by atoms with Crippen molar-refractivity contribution in [2.75, 3.05) is 5.75 Å². The summed E-state index contributed by atoms with van der Waals surface area (Å²) in [6.07, 6.45) is 0. The van der Waals surface area contributed by atoms with Crippen molar-refractivity contribution < 1.29 is 13.0 Å². The van der Waals surface area contributed by atoms with Gasteiger partial charge in [-0.1, -0.05) is 35.0 Å². The van der Waals surface area contributed by atoms with Crippen molar-refractivity contribution in [1.82, 2.24) is 0 Å². The zero-order valence-corrected chi connectivity index (χ0v) is 10.0. The lowest BCUT2D eigenvalue weighted by atomic mass is 10.0. The summed E-state index contributed by atoms with van der Waals surface area (Å²) in [7, 11) is -3.89. The SMILES string of the molecule is C[C@H](CS(=O)(=O)O)c1ccc(Br)cc1. The summed E-state index contributed by atoms with van der Waals surface area (Å²) < 4.78 is 30.9. The predicted molar refractivity (Wildman–Crippen MR) is 59.0 cm³/mol. The number of benzene rings is 1. The van der Waals surface area contributed by atoms with E-state index in [-0.39, 0.29) is 11.7 Å². The Hall–Kier alpha value is -0.390. The first kappa shape index (κ1) is 11.7. The molecule has 78 valence electrons. The molecule has 1 rings (SSSR count). The highest BCUT2D eigenvalue weighted by atomic mass is 79.9. The summed E-state index contributed by atoms with van der Waals surface area (Å²) in [6.45, 7) is 1.76. The van der Waals surface area contributed by atoms with Crippen LogP contribution in [0.15, 0.2) is 28.7 Å². The van der Waals surface area contributed by atoms with Gasteiger partial charge in [0.1, 0.15) is 0 Å². The summed E-state index contributed by atoms with van der Waals surface area (Å²) >= 11 is 3.29. The Morgan fingerprint density at radius 1 is 1.36 bits per heavy atom. The van der Waals surface area contributed by atoms with Crippen LogP contribution in [0.25, 0.3) is 0 Å². The molecule has 0 radical (unpaired) electrons. The molecule has 1 N–H and O–H groups in total. The summed E-state index contributed by atoms with van der Waals surface area (Å²) in [5.74, 6) is -0.438. The average molecular weight is 279 g/mol. The fourth-order valence-corrected chi connectivity index (χ4v) is 2.29. The Morgan fingerprint density at radius 3 is 2.29 bits per heavy atom. The van der Waals surface area contributed by atoms with Crippen molar-refractivity contribution >= 4 is 26.0 Å². The molecule has 14 heavy (non-hydrogen) atoms. The predicted octanol–water partition coefficient (Wildman–Crippen LogP) is 2.44. The van der Waals surface area contributed by atoms with Crippen LogP contribution in [0.5, 0.6) is 0 Å². The molecule has 1 aromatic rings. The van der Waals surface area contributed by atoms with Crippen LogP contribution in [0.4, 0.5) is 0 Å². The Balaban J connectivity index is 2.80. The summed E-state index contributed by atoms with van der Waals surface area (Å²) in [5.41, 5.74) is 0.894. The van der Waals surface area contributed by atoms with E-state index >= 15 is 0 Å². The van der Waals surface area contributed by atoms with Gasteiger partial charge < -0.3 is 0 Å². The molecule has 0 unspecified atom stereocenters. The van der Waals surface area contributed by atoms with Gasteiger partial charge in [-0.3, -0.25) is 4.55 Å². The summed E-state index contributed by atoms with van der Waals surface area (Å²) in [4.78, 5) is 0. The fraction of sp³-hybridized carbons (Fsp3) is 0.333. The van der Waals surface area contributed by atoms with Gasteiger partial charge in [-0.15, -0.1) is 0 Å². The molecule has 3 nitrogen and oxygen atoms in total. The van der Waals surface area contributed by atoms with Crippen LogP contribution in [0.2, 0.25) is 0 Å². The van der Waals surface area contributed by atoms with Gasteiger partial charge >= 0.3 is 0 Å². The van der Waals surface area contributed by atoms with Gasteiger partial charge in [0.2, 0.25) is 0 Å². The maximum absolute atomic E-state index is 10.6. The Bertz CT molecular complexity index is 397. The van der Waals surface area contributed by atoms with Crippen LogP contribution in [0, 0.1) is 0 Å². The molecule has 0 aliphatic heterocycles. The number of hydrogen-bond donors (Lipinski definition) is 1. The molecule has 0 bridgehead atoms. The molecule has 5 heteroatoms. The third-order valence-corrected chi connectivity index (χ3v) is 3.35. The van der Waals surface area contributed by atoms with E-state index in [0.29, 0.717) is 0 Å². The van der Waals surface area contributed by atoms with E-state index in [0.717, 1.165) is 10.0 Å². The first-order valence-electron chi connectivity index (χ1n) is 4.09. The first-order valence-corrected chi connectivity index (χ1v) is 6.49. The van der Waals surface area contributed by atoms with E-state index < -0.39 is 10.1 Å². The van der Waals surface area contributed by atoms with E-state index in [2.05, 4.69) is 15.9 Å². The van der Waals surface area contributed by atoms with Gasteiger partial charge in [-0.2, -0.15) is 8.42 Å². The van der Waals surface area contributed by atoms with E-state index in [4.69, 9.17) is 4.55 Å². The third kappa shape index (κ3) is 3.77. The fourth-order valence-electron chi connectivity index (χ4n) is 1.20. The maximum atomic E-state index is 10.6. The lowest BCUT2D eigenvalue weighted by molar-refractivity contribution is 0.479. The van der Waals surface area contributed by atoms with E-state index in [1.807, 2.05) is 24.3 Å². The smallest absolute Gasteiger partial charge is 0.265 e. The highest BCUT2D eigenvalue weighted by Gasteiger charge is 2.13. The number of hydrogen-bond acceptors (Lipinski definition) is 2. The van der Waals surface area contributed by atoms with Gasteiger partial charge in [0, 0.05) is 4.47 Å². The van der Waals surface area contributed by atoms with Crippen molar-refractivity contribution in [3.63, 3.8) is 0 Å². The van der Waals surface area contributed by atoms with Gasteiger partial charge in [0.05, 0.1) is 5.75 Å². The van der Waals surface area contributed by atoms with Crippen LogP contribution in [0.3, 0.4) is 0 Å². The minimum absolute atomic E-state index is 0.196. The maximum Gasteiger partial charge on any atom is 0.265 e. The van der Waals surface area contributed by atoms with Gasteiger partial charge in [0.15, 0.2) is 0 Å². The van der Waals surface area contributed by atoms with Crippen LogP contribution in [0.1, 0.15) is 18.4 Å². The van der Waals surface area contributed by atoms with E-state index in [1.54, 1.807) is 6.92 Å². The minimum atomic E-state index is -3.89.